The second-order valence-corrected chi connectivity index (χ2v) is 50.6. The first-order chi connectivity index (χ1) is 60.3. The summed E-state index contributed by atoms with van der Waals surface area (Å²) in [6.45, 7) is 53.5. The normalized spacial score (nSPS) is 35.8. The summed E-state index contributed by atoms with van der Waals surface area (Å²) in [5.74, 6) is 4.80. The quantitative estimate of drug-likeness (QED) is 0.0250. The van der Waals surface area contributed by atoms with E-state index in [9.17, 15) is 38.4 Å². The standard InChI is InChI=1S/C23H38O5.C22H36O5.C21H34O5.C21H36O4.C20H34O4/c1-7-9-21(5,6)27-19(25)28-23-13-16-10-17(14-23)12-22(11-16,15-23)26-18(24)20(3,4)8-2;1-7-19(3,4)17(23)25-21-10-15-9-16(11-21)13-22(12-15,14-21)27-18(24)26-20(5,6)8-2;1-7-19(5,6)16(22)24-20-9-14-8-15(10-20)12-21(11-14,13-20)26-17(23)25-18(2,3)4;1-5-7-8-23-15-24-20-10-16-9-17(11-20)13-21(12-16,14-20)25-18(22)19(3,4)6-2;1-5-7-22-14-23-19-9-15-8-16(10-19)12-20(11-15,13-19)24-17(21)18(3,4)6-2/h16-17H,7-15H2,1-6H3;15-16H,7-14H2,1-6H3;14-15H,7-13H2,1-6H3;16-17H,5-15H2,1-4H3;15-16H,5-14H2,1-4H3. The van der Waals surface area contributed by atoms with Crippen molar-refractivity contribution >= 4 is 48.3 Å². The number of esters is 5. The van der Waals surface area contributed by atoms with E-state index in [1.54, 1.807) is 0 Å². The van der Waals surface area contributed by atoms with E-state index in [4.69, 9.17) is 71.1 Å². The van der Waals surface area contributed by atoms with Crippen molar-refractivity contribution in [2.45, 2.75) is 516 Å². The van der Waals surface area contributed by atoms with E-state index in [1.165, 1.54) is 12.8 Å². The van der Waals surface area contributed by atoms with Gasteiger partial charge in [0.2, 0.25) is 0 Å². The van der Waals surface area contributed by atoms with Crippen LogP contribution in [-0.2, 0) is 95.0 Å². The van der Waals surface area contributed by atoms with Gasteiger partial charge in [-0.25, -0.2) is 14.4 Å². The third kappa shape index (κ3) is 25.7. The van der Waals surface area contributed by atoms with E-state index < -0.39 is 96.0 Å². The summed E-state index contributed by atoms with van der Waals surface area (Å²) in [5, 5.41) is 0. The number of carbonyl (C=O) groups is 8. The second-order valence-electron chi connectivity index (χ2n) is 50.6. The molecule has 0 N–H and O–H groups in total. The number of hydrogen-bond acceptors (Lipinski definition) is 23. The van der Waals surface area contributed by atoms with Crippen LogP contribution >= 0.6 is 0 Å². The first-order valence-corrected chi connectivity index (χ1v) is 51.7. The summed E-state index contributed by atoms with van der Waals surface area (Å²) < 4.78 is 89.1. The molecule has 0 aromatic carbocycles. The first kappa shape index (κ1) is 105. The highest BCUT2D eigenvalue weighted by molar-refractivity contribution is 5.79. The van der Waals surface area contributed by atoms with Crippen LogP contribution < -0.4 is 0 Å². The van der Waals surface area contributed by atoms with Gasteiger partial charge in [0.25, 0.3) is 0 Å². The number of rotatable bonds is 34. The zero-order chi connectivity index (χ0) is 95.8. The molecule has 0 saturated heterocycles. The molecule has 130 heavy (non-hydrogen) atoms. The molecule has 0 aromatic rings. The molecule has 20 saturated carbocycles. The first-order valence-electron chi connectivity index (χ1n) is 51.7. The Hall–Kier alpha value is -5.00. The van der Waals surface area contributed by atoms with Crippen LogP contribution in [0.2, 0.25) is 0 Å². The molecule has 23 nitrogen and oxygen atoms in total. The van der Waals surface area contributed by atoms with Crippen LogP contribution in [0.15, 0.2) is 0 Å². The van der Waals surface area contributed by atoms with Gasteiger partial charge in [0.05, 0.1) is 38.3 Å². The van der Waals surface area contributed by atoms with Gasteiger partial charge in [0, 0.05) is 45.3 Å². The monoisotopic (exact) mass is 1830 g/mol. The highest BCUT2D eigenvalue weighted by atomic mass is 16.8. The van der Waals surface area contributed by atoms with Crippen molar-refractivity contribution in [1.29, 1.82) is 0 Å². The third-order valence-electron chi connectivity index (χ3n) is 34.1. The van der Waals surface area contributed by atoms with Crippen LogP contribution in [0.25, 0.3) is 0 Å². The number of hydrogen-bond donors (Lipinski definition) is 0. The van der Waals surface area contributed by atoms with Crippen LogP contribution in [0.4, 0.5) is 14.4 Å². The SMILES string of the molecule is CCC(C)(C)C(=O)OC12CC3CC(CC(OC(=O)OC(C)(C)C)(C3)C1)C2.CCC(C)(C)OC(=O)OC12CC3CC(C1)CC(OC(=O)C(C)(C)CC)(C3)C2.CCCC(C)(C)OC(=O)OC12CC3CC(C1)CC(OC(=O)C(C)(C)CC)(C3)C2.CCCCOCOC12CC3CC(C1)CC(OC(=O)C(C)(C)CC)(C3)C2.CCCOCOC12CC3CC(C1)CC(OC(=O)C(C)(C)CC)(C3)C2. The van der Waals surface area contributed by atoms with Crippen LogP contribution in [-0.4, -0.2) is 148 Å². The van der Waals surface area contributed by atoms with Gasteiger partial charge in [-0.15, -0.1) is 0 Å². The summed E-state index contributed by atoms with van der Waals surface area (Å²) >= 11 is 0. The van der Waals surface area contributed by atoms with Gasteiger partial charge in [0.1, 0.15) is 75.2 Å². The van der Waals surface area contributed by atoms with Gasteiger partial charge in [0.15, 0.2) is 0 Å². The van der Waals surface area contributed by atoms with Crippen molar-refractivity contribution in [2.75, 3.05) is 26.8 Å². The molecule has 0 aromatic heterocycles. The average molecular weight is 1830 g/mol. The Labute approximate surface area is 782 Å². The van der Waals surface area contributed by atoms with Gasteiger partial charge >= 0.3 is 48.3 Å². The van der Waals surface area contributed by atoms with E-state index in [2.05, 4.69) is 34.6 Å². The smallest absolute Gasteiger partial charge is 0.459 e. The molecule has 20 aliphatic rings. The molecule has 0 aliphatic heterocycles. The molecule has 20 aliphatic carbocycles. The molecule has 23 heteroatoms. The van der Waals surface area contributed by atoms with Crippen LogP contribution in [0.5, 0.6) is 0 Å². The minimum absolute atomic E-state index is 0.0358. The molecular weight excluding hydrogens is 1650 g/mol. The van der Waals surface area contributed by atoms with Crippen molar-refractivity contribution in [2.24, 2.45) is 86.3 Å². The summed E-state index contributed by atoms with van der Waals surface area (Å²) in [5.41, 5.74) is -7.79. The topological polar surface area (TPSA) is 275 Å². The molecule has 20 fully saturated rings. The Morgan fingerprint density at radius 3 is 0.677 bits per heavy atom. The second kappa shape index (κ2) is 39.8. The molecular formula is C107H178O23. The van der Waals surface area contributed by atoms with Crippen molar-refractivity contribution in [1.82, 2.24) is 0 Å². The Bertz CT molecular complexity index is 3840. The number of carbonyl (C=O) groups excluding carboxylic acids is 8. The van der Waals surface area contributed by atoms with E-state index in [-0.39, 0.29) is 52.3 Å². The van der Waals surface area contributed by atoms with E-state index in [0.717, 1.165) is 244 Å². The van der Waals surface area contributed by atoms with Crippen molar-refractivity contribution < 1.29 is 109 Å². The zero-order valence-corrected chi connectivity index (χ0v) is 86.0. The zero-order valence-electron chi connectivity index (χ0n) is 86.0. The van der Waals surface area contributed by atoms with Gasteiger partial charge in [-0.3, -0.25) is 24.0 Å². The molecule has 10 unspecified atom stereocenters. The van der Waals surface area contributed by atoms with Gasteiger partial charge < -0.3 is 71.1 Å². The predicted octanol–water partition coefficient (Wildman–Crippen LogP) is 25.5. The summed E-state index contributed by atoms with van der Waals surface area (Å²) in [6, 6.07) is 0. The lowest BCUT2D eigenvalue weighted by atomic mass is 9.52. The fourth-order valence-electron chi connectivity index (χ4n) is 27.0. The average Bonchev–Trinajstić information content (AvgIpc) is 0.728. The molecule has 0 heterocycles. The largest absolute Gasteiger partial charge is 0.509 e. The molecule has 0 amide bonds. The van der Waals surface area contributed by atoms with E-state index in [1.807, 2.05) is 145 Å². The van der Waals surface area contributed by atoms with Crippen molar-refractivity contribution in [3.63, 3.8) is 0 Å². The summed E-state index contributed by atoms with van der Waals surface area (Å²) in [6.07, 6.45) is 36.4. The summed E-state index contributed by atoms with van der Waals surface area (Å²) in [7, 11) is 0. The lowest BCUT2D eigenvalue weighted by Crippen LogP contribution is -2.62. The maximum atomic E-state index is 12.8. The van der Waals surface area contributed by atoms with Gasteiger partial charge in [-0.1, -0.05) is 75.2 Å². The molecule has 0 spiro atoms. The molecule has 10 atom stereocenters. The molecule has 20 rings (SSSR count). The van der Waals surface area contributed by atoms with Crippen molar-refractivity contribution in [3.05, 3.63) is 0 Å². The minimum atomic E-state index is -0.602. The number of ether oxygens (including phenoxy) is 15. The highest BCUT2D eigenvalue weighted by Gasteiger charge is 2.68. The number of unbranched alkanes of at least 4 members (excludes halogenated alkanes) is 1. The Morgan fingerprint density at radius 2 is 0.462 bits per heavy atom. The fraction of sp³-hybridized carbons (Fsp3) is 0.925. The van der Waals surface area contributed by atoms with Crippen molar-refractivity contribution in [3.8, 4) is 0 Å². The highest BCUT2D eigenvalue weighted by Crippen LogP contribution is 2.67. The molecule has 20 bridgehead atoms. The van der Waals surface area contributed by atoms with E-state index in [0.29, 0.717) is 92.0 Å². The predicted molar refractivity (Wildman–Crippen MR) is 496 cm³/mol. The summed E-state index contributed by atoms with van der Waals surface area (Å²) in [4.78, 5) is 101. The molecule has 0 radical (unpaired) electrons. The van der Waals surface area contributed by atoms with Gasteiger partial charge in [-0.2, -0.15) is 0 Å². The van der Waals surface area contributed by atoms with E-state index >= 15 is 0 Å². The Morgan fingerprint density at radius 1 is 0.246 bits per heavy atom. The lowest BCUT2D eigenvalue weighted by molar-refractivity contribution is -0.257. The van der Waals surface area contributed by atoms with Crippen LogP contribution in [0.3, 0.4) is 0 Å². The lowest BCUT2D eigenvalue weighted by Gasteiger charge is -2.60. The Balaban J connectivity index is 0.000000157. The molecule has 744 valence electrons. The van der Waals surface area contributed by atoms with Crippen LogP contribution in [0.1, 0.15) is 443 Å². The maximum absolute atomic E-state index is 12.8. The fourth-order valence-corrected chi connectivity index (χ4v) is 27.0. The van der Waals surface area contributed by atoms with Gasteiger partial charge in [-0.05, 0) is 395 Å². The maximum Gasteiger partial charge on any atom is 0.509 e. The Kier molecular flexibility index (Phi) is 32.3. The third-order valence-corrected chi connectivity index (χ3v) is 34.1. The minimum Gasteiger partial charge on any atom is -0.459 e. The van der Waals surface area contributed by atoms with Crippen LogP contribution in [0, 0.1) is 86.3 Å².